The van der Waals surface area contributed by atoms with E-state index in [0.717, 1.165) is 10.0 Å². The molecule has 2 rings (SSSR count). The van der Waals surface area contributed by atoms with Crippen LogP contribution >= 0.6 is 39.9 Å². The van der Waals surface area contributed by atoms with Gasteiger partial charge in [-0.2, -0.15) is 5.26 Å². The zero-order valence-electron chi connectivity index (χ0n) is 13.9. The number of nitriles is 1. The Morgan fingerprint density at radius 1 is 1.32 bits per heavy atom. The van der Waals surface area contributed by atoms with Gasteiger partial charge in [0.05, 0.1) is 17.7 Å². The average Bonchev–Trinajstić information content (AvgIpc) is 2.59. The maximum absolute atomic E-state index is 13.9. The maximum atomic E-state index is 13.9. The van der Waals surface area contributed by atoms with Gasteiger partial charge in [0.2, 0.25) is 0 Å². The molecule has 0 heterocycles. The molecular weight excluding hydrogens is 498 g/mol. The first-order chi connectivity index (χ1) is 11.5. The molecule has 25 heavy (non-hydrogen) atoms. The van der Waals surface area contributed by atoms with Gasteiger partial charge in [0, 0.05) is 23.6 Å². The van der Waals surface area contributed by atoms with Gasteiger partial charge in [0.1, 0.15) is 5.82 Å². The van der Waals surface area contributed by atoms with Crippen molar-refractivity contribution in [1.29, 1.82) is 5.26 Å². The molecule has 0 saturated carbocycles. The first-order valence-electron chi connectivity index (χ1n) is 7.45. The molecule has 2 N–H and O–H groups in total. The fourth-order valence-electron chi connectivity index (χ4n) is 2.24. The fourth-order valence-corrected chi connectivity index (χ4v) is 2.87. The molecule has 132 valence electrons. The lowest BCUT2D eigenvalue weighted by molar-refractivity contribution is 0.602. The number of benzene rings is 2. The largest absolute Gasteiger partial charge is 0.352 e. The van der Waals surface area contributed by atoms with Crippen molar-refractivity contribution < 1.29 is 4.39 Å². The van der Waals surface area contributed by atoms with E-state index in [1.807, 2.05) is 37.3 Å². The number of hydrogen-bond acceptors (Lipinski definition) is 2. The molecule has 0 aromatic heterocycles. The van der Waals surface area contributed by atoms with Crippen LogP contribution in [0.4, 0.5) is 4.39 Å². The van der Waals surface area contributed by atoms with Crippen molar-refractivity contribution >= 4 is 45.9 Å². The van der Waals surface area contributed by atoms with Crippen LogP contribution in [0.15, 0.2) is 51.9 Å². The smallest absolute Gasteiger partial charge is 0.191 e. The van der Waals surface area contributed by atoms with Crippen molar-refractivity contribution in [3.8, 4) is 6.07 Å². The van der Waals surface area contributed by atoms with Crippen LogP contribution in [-0.2, 0) is 6.54 Å². The predicted octanol–water partition coefficient (Wildman–Crippen LogP) is 4.50. The molecular formula is C18H19BrFIN4. The molecule has 1 atom stereocenters. The van der Waals surface area contributed by atoms with Crippen molar-refractivity contribution in [2.24, 2.45) is 4.99 Å². The molecule has 0 bridgehead atoms. The highest BCUT2D eigenvalue weighted by Gasteiger charge is 2.11. The minimum absolute atomic E-state index is 0. The molecule has 4 nitrogen and oxygen atoms in total. The second kappa shape index (κ2) is 10.4. The first-order valence-corrected chi connectivity index (χ1v) is 8.24. The van der Waals surface area contributed by atoms with E-state index in [2.05, 4.69) is 31.6 Å². The van der Waals surface area contributed by atoms with Crippen molar-refractivity contribution in [3.63, 3.8) is 0 Å². The quantitative estimate of drug-likeness (QED) is 0.357. The van der Waals surface area contributed by atoms with E-state index in [1.54, 1.807) is 19.2 Å². The van der Waals surface area contributed by atoms with Gasteiger partial charge in [-0.25, -0.2) is 4.39 Å². The van der Waals surface area contributed by atoms with Gasteiger partial charge < -0.3 is 10.6 Å². The summed E-state index contributed by atoms with van der Waals surface area (Å²) in [5, 5.41) is 15.1. The first kappa shape index (κ1) is 21.4. The lowest BCUT2D eigenvalue weighted by atomic mass is 10.1. The Bertz CT molecular complexity index is 789. The number of nitrogens with one attached hydrogen (secondary N) is 2. The number of rotatable bonds is 4. The van der Waals surface area contributed by atoms with Crippen molar-refractivity contribution in [2.45, 2.75) is 19.5 Å². The SMILES string of the molecule is CN=C(NCc1ccc(C#N)cc1F)NC(C)c1ccccc1Br.I. The van der Waals surface area contributed by atoms with Crippen LogP contribution < -0.4 is 10.6 Å². The van der Waals surface area contributed by atoms with E-state index in [9.17, 15) is 4.39 Å². The zero-order valence-corrected chi connectivity index (χ0v) is 17.8. The van der Waals surface area contributed by atoms with Crippen molar-refractivity contribution in [2.75, 3.05) is 7.05 Å². The Labute approximate surface area is 172 Å². The van der Waals surface area contributed by atoms with Crippen molar-refractivity contribution in [3.05, 3.63) is 69.4 Å². The number of hydrogen-bond donors (Lipinski definition) is 2. The summed E-state index contributed by atoms with van der Waals surface area (Å²) >= 11 is 3.53. The van der Waals surface area contributed by atoms with E-state index in [0.29, 0.717) is 17.1 Å². The lowest BCUT2D eigenvalue weighted by Gasteiger charge is -2.19. The van der Waals surface area contributed by atoms with E-state index >= 15 is 0 Å². The summed E-state index contributed by atoms with van der Waals surface area (Å²) in [4.78, 5) is 4.17. The highest BCUT2D eigenvalue weighted by molar-refractivity contribution is 14.0. The Morgan fingerprint density at radius 2 is 2.04 bits per heavy atom. The molecule has 7 heteroatoms. The van der Waals surface area contributed by atoms with Crippen LogP contribution in [0, 0.1) is 17.1 Å². The molecule has 0 aliphatic rings. The van der Waals surface area contributed by atoms with Gasteiger partial charge in [-0.3, -0.25) is 4.99 Å². The third kappa shape index (κ3) is 5.97. The van der Waals surface area contributed by atoms with Gasteiger partial charge in [-0.1, -0.05) is 40.2 Å². The van der Waals surface area contributed by atoms with E-state index < -0.39 is 5.82 Å². The van der Waals surface area contributed by atoms with Gasteiger partial charge in [0.25, 0.3) is 0 Å². The monoisotopic (exact) mass is 516 g/mol. The molecule has 1 unspecified atom stereocenters. The number of halogens is 3. The summed E-state index contributed by atoms with van der Waals surface area (Å²) in [6.45, 7) is 2.30. The number of aliphatic imine (C=N–C) groups is 1. The standard InChI is InChI=1S/C18H18BrFN4.HI/c1-12(15-5-3-4-6-16(15)19)24-18(22-2)23-11-14-8-7-13(10-21)9-17(14)20;/h3-9,12H,11H2,1-2H3,(H2,22,23,24);1H. The normalized spacial score (nSPS) is 11.9. The average molecular weight is 517 g/mol. The summed E-state index contributed by atoms with van der Waals surface area (Å²) in [6, 6.07) is 14.3. The molecule has 2 aromatic carbocycles. The van der Waals surface area contributed by atoms with E-state index in [-0.39, 0.29) is 36.6 Å². The lowest BCUT2D eigenvalue weighted by Crippen LogP contribution is -2.38. The van der Waals surface area contributed by atoms with Gasteiger partial charge in [0.15, 0.2) is 5.96 Å². The second-order valence-corrected chi connectivity index (χ2v) is 6.09. The summed E-state index contributed by atoms with van der Waals surface area (Å²) in [6.07, 6.45) is 0. The fraction of sp³-hybridized carbons (Fsp3) is 0.222. The molecule has 0 aliphatic carbocycles. The van der Waals surface area contributed by atoms with Gasteiger partial charge in [-0.05, 0) is 30.7 Å². The highest BCUT2D eigenvalue weighted by atomic mass is 127. The molecule has 0 saturated heterocycles. The van der Waals surface area contributed by atoms with E-state index in [4.69, 9.17) is 5.26 Å². The zero-order chi connectivity index (χ0) is 17.5. The van der Waals surface area contributed by atoms with Crippen LogP contribution in [0.5, 0.6) is 0 Å². The predicted molar refractivity (Wildman–Crippen MR) is 112 cm³/mol. The number of guanidine groups is 1. The molecule has 2 aromatic rings. The van der Waals surface area contributed by atoms with Crippen LogP contribution in [0.1, 0.15) is 29.7 Å². The molecule has 0 radical (unpaired) electrons. The van der Waals surface area contributed by atoms with Gasteiger partial charge in [-0.15, -0.1) is 24.0 Å². The third-order valence-electron chi connectivity index (χ3n) is 3.58. The minimum Gasteiger partial charge on any atom is -0.352 e. The Balaban J connectivity index is 0.00000312. The highest BCUT2D eigenvalue weighted by Crippen LogP contribution is 2.22. The summed E-state index contributed by atoms with van der Waals surface area (Å²) in [7, 11) is 1.66. The molecule has 0 amide bonds. The maximum Gasteiger partial charge on any atom is 0.191 e. The van der Waals surface area contributed by atoms with Crippen LogP contribution in [0.25, 0.3) is 0 Å². The third-order valence-corrected chi connectivity index (χ3v) is 4.30. The Morgan fingerprint density at radius 3 is 2.64 bits per heavy atom. The Kier molecular flexibility index (Phi) is 8.86. The molecule has 0 fully saturated rings. The van der Waals surface area contributed by atoms with Crippen molar-refractivity contribution in [1.82, 2.24) is 10.6 Å². The minimum atomic E-state index is -0.407. The summed E-state index contributed by atoms with van der Waals surface area (Å²) in [5.74, 6) is 0.165. The molecule has 0 spiro atoms. The van der Waals surface area contributed by atoms with Crippen LogP contribution in [0.2, 0.25) is 0 Å². The molecule has 0 aliphatic heterocycles. The summed E-state index contributed by atoms with van der Waals surface area (Å²) < 4.78 is 14.9. The Hall–Kier alpha value is -1.66. The van der Waals surface area contributed by atoms with Crippen LogP contribution in [0.3, 0.4) is 0 Å². The second-order valence-electron chi connectivity index (χ2n) is 5.23. The summed E-state index contributed by atoms with van der Waals surface area (Å²) in [5.41, 5.74) is 1.89. The number of nitrogens with zero attached hydrogens (tertiary/aromatic N) is 2. The van der Waals surface area contributed by atoms with Gasteiger partial charge >= 0.3 is 0 Å². The van der Waals surface area contributed by atoms with Crippen LogP contribution in [-0.4, -0.2) is 13.0 Å². The van der Waals surface area contributed by atoms with E-state index in [1.165, 1.54) is 6.07 Å². The topological polar surface area (TPSA) is 60.2 Å².